The van der Waals surface area contributed by atoms with E-state index in [0.717, 1.165) is 25.7 Å². The summed E-state index contributed by atoms with van der Waals surface area (Å²) in [6.45, 7) is 2.28. The summed E-state index contributed by atoms with van der Waals surface area (Å²) in [4.78, 5) is 25.9. The zero-order valence-corrected chi connectivity index (χ0v) is 12.7. The van der Waals surface area contributed by atoms with E-state index in [4.69, 9.17) is 5.11 Å². The van der Waals surface area contributed by atoms with Crippen LogP contribution in [0.25, 0.3) is 0 Å². The third-order valence-electron chi connectivity index (χ3n) is 4.20. The van der Waals surface area contributed by atoms with Gasteiger partial charge in [0.05, 0.1) is 0 Å². The first-order chi connectivity index (χ1) is 10.5. The van der Waals surface area contributed by atoms with Gasteiger partial charge in [-0.05, 0) is 41.5 Å². The number of aliphatic hydroxyl groups excluding tert-OH is 1. The maximum absolute atomic E-state index is 12.0. The Morgan fingerprint density at radius 3 is 2.73 bits per heavy atom. The molecule has 22 heavy (non-hydrogen) atoms. The topological polar surface area (TPSA) is 110 Å². The lowest BCUT2D eigenvalue weighted by Crippen LogP contribution is -2.38. The second-order valence-electron chi connectivity index (χ2n) is 5.81. The summed E-state index contributed by atoms with van der Waals surface area (Å²) in [5.74, 6) is 0.647. The Hall–Kier alpha value is -1.96. The van der Waals surface area contributed by atoms with Gasteiger partial charge in [-0.15, -0.1) is 0 Å². The fourth-order valence-corrected chi connectivity index (χ4v) is 2.82. The first-order valence-electron chi connectivity index (χ1n) is 7.58. The average Bonchev–Trinajstić information content (AvgIpc) is 2.87. The Morgan fingerprint density at radius 2 is 2.18 bits per heavy atom. The molecule has 1 aliphatic rings. The number of aliphatic hydroxyl groups is 1. The quantitative estimate of drug-likeness (QED) is 0.605. The van der Waals surface area contributed by atoms with E-state index in [1.165, 1.54) is 6.20 Å². The number of amides is 1. The summed E-state index contributed by atoms with van der Waals surface area (Å²) in [6.07, 6.45) is 5.30. The van der Waals surface area contributed by atoms with Gasteiger partial charge in [0.15, 0.2) is 0 Å². The van der Waals surface area contributed by atoms with Crippen molar-refractivity contribution in [1.29, 1.82) is 0 Å². The molecular weight excluding hydrogens is 288 g/mol. The van der Waals surface area contributed by atoms with Crippen LogP contribution >= 0.6 is 0 Å². The molecule has 2 N–H and O–H groups in total. The van der Waals surface area contributed by atoms with E-state index in [1.807, 2.05) is 0 Å². The van der Waals surface area contributed by atoms with Crippen LogP contribution < -0.4 is 5.32 Å². The highest BCUT2D eigenvalue weighted by Crippen LogP contribution is 2.23. The molecule has 0 aromatic carbocycles. The van der Waals surface area contributed by atoms with Crippen molar-refractivity contribution >= 4 is 11.7 Å². The molecule has 122 valence electrons. The number of carbonyl (C=O) groups is 1. The van der Waals surface area contributed by atoms with E-state index >= 15 is 0 Å². The molecule has 0 atom stereocenters. The van der Waals surface area contributed by atoms with Gasteiger partial charge in [0, 0.05) is 32.5 Å². The lowest BCUT2D eigenvalue weighted by atomic mass is 9.86. The number of nitrogens with one attached hydrogen (secondary N) is 1. The summed E-state index contributed by atoms with van der Waals surface area (Å²) in [6, 6.07) is 0.175. The monoisotopic (exact) mass is 310 g/mol. The smallest absolute Gasteiger partial charge is 0.381 e. The van der Waals surface area contributed by atoms with Gasteiger partial charge >= 0.3 is 5.82 Å². The van der Waals surface area contributed by atoms with Crippen molar-refractivity contribution in [2.75, 3.05) is 6.61 Å². The van der Waals surface area contributed by atoms with Crippen molar-refractivity contribution in [3.05, 3.63) is 22.1 Å². The SMILES string of the molecule is Cc1nc([N+](=O)[O-])cn1CCC(=O)NC1CCC(CO)CC1. The van der Waals surface area contributed by atoms with Crippen LogP contribution in [0.4, 0.5) is 5.82 Å². The fraction of sp³-hybridized carbons (Fsp3) is 0.714. The molecule has 0 saturated heterocycles. The molecule has 0 radical (unpaired) electrons. The minimum Gasteiger partial charge on any atom is -0.396 e. The number of nitrogens with zero attached hydrogens (tertiary/aromatic N) is 3. The minimum absolute atomic E-state index is 0.0526. The Morgan fingerprint density at radius 1 is 1.50 bits per heavy atom. The third kappa shape index (κ3) is 4.27. The molecule has 1 saturated carbocycles. The molecule has 0 aliphatic heterocycles. The van der Waals surface area contributed by atoms with Gasteiger partial charge < -0.3 is 25.1 Å². The van der Waals surface area contributed by atoms with Gasteiger partial charge in [0.1, 0.15) is 6.20 Å². The summed E-state index contributed by atoms with van der Waals surface area (Å²) >= 11 is 0. The first-order valence-corrected chi connectivity index (χ1v) is 7.58. The van der Waals surface area contributed by atoms with Crippen molar-refractivity contribution in [1.82, 2.24) is 14.9 Å². The summed E-state index contributed by atoms with van der Waals surface area (Å²) in [5, 5.41) is 22.7. The van der Waals surface area contributed by atoms with Crippen LogP contribution in [0.15, 0.2) is 6.20 Å². The molecule has 1 heterocycles. The largest absolute Gasteiger partial charge is 0.396 e. The van der Waals surface area contributed by atoms with Crippen molar-refractivity contribution in [3.63, 3.8) is 0 Å². The highest BCUT2D eigenvalue weighted by molar-refractivity contribution is 5.76. The summed E-state index contributed by atoms with van der Waals surface area (Å²) in [5.41, 5.74) is 0. The van der Waals surface area contributed by atoms with Crippen LogP contribution in [-0.2, 0) is 11.3 Å². The third-order valence-corrected chi connectivity index (χ3v) is 4.20. The minimum atomic E-state index is -0.539. The lowest BCUT2D eigenvalue weighted by molar-refractivity contribution is -0.389. The van der Waals surface area contributed by atoms with Gasteiger partial charge in [-0.2, -0.15) is 0 Å². The highest BCUT2D eigenvalue weighted by atomic mass is 16.6. The van der Waals surface area contributed by atoms with Gasteiger partial charge in [-0.3, -0.25) is 4.79 Å². The van der Waals surface area contributed by atoms with E-state index in [1.54, 1.807) is 11.5 Å². The molecule has 8 heteroatoms. The van der Waals surface area contributed by atoms with Crippen LogP contribution in [0.2, 0.25) is 0 Å². The predicted molar refractivity (Wildman–Crippen MR) is 79.2 cm³/mol. The van der Waals surface area contributed by atoms with Crippen LogP contribution in [0.1, 0.15) is 37.9 Å². The van der Waals surface area contributed by atoms with E-state index in [0.29, 0.717) is 18.3 Å². The van der Waals surface area contributed by atoms with Crippen molar-refractivity contribution in [3.8, 4) is 0 Å². The zero-order chi connectivity index (χ0) is 16.1. The second kappa shape index (κ2) is 7.35. The molecule has 0 unspecified atom stereocenters. The van der Waals surface area contributed by atoms with E-state index < -0.39 is 4.92 Å². The van der Waals surface area contributed by atoms with Crippen LogP contribution in [0.5, 0.6) is 0 Å². The van der Waals surface area contributed by atoms with Crippen molar-refractivity contribution in [2.24, 2.45) is 5.92 Å². The molecule has 0 spiro atoms. The molecule has 1 amide bonds. The number of nitro groups is 1. The number of imidazole rings is 1. The van der Waals surface area contributed by atoms with E-state index in [2.05, 4.69) is 10.3 Å². The van der Waals surface area contributed by atoms with E-state index in [9.17, 15) is 14.9 Å². The molecule has 1 aliphatic carbocycles. The Labute approximate surface area is 128 Å². The number of aryl methyl sites for hydroxylation is 2. The summed E-state index contributed by atoms with van der Waals surface area (Å²) in [7, 11) is 0. The standard InChI is InChI=1S/C14H22N4O4/c1-10-15-13(18(21)22)8-17(10)7-6-14(20)16-12-4-2-11(9-19)3-5-12/h8,11-12,19H,2-7,9H2,1H3,(H,16,20). The fourth-order valence-electron chi connectivity index (χ4n) is 2.82. The number of carbonyl (C=O) groups excluding carboxylic acids is 1. The number of hydrogen-bond donors (Lipinski definition) is 2. The first kappa shape index (κ1) is 16.4. The predicted octanol–water partition coefficient (Wildman–Crippen LogP) is 1.16. The van der Waals surface area contributed by atoms with Crippen molar-refractivity contribution in [2.45, 2.75) is 51.6 Å². The summed E-state index contributed by atoms with van der Waals surface area (Å²) < 4.78 is 1.63. The van der Waals surface area contributed by atoms with Gasteiger partial charge in [-0.1, -0.05) is 0 Å². The molecule has 1 fully saturated rings. The van der Waals surface area contributed by atoms with Gasteiger partial charge in [0.25, 0.3) is 0 Å². The number of hydrogen-bond acceptors (Lipinski definition) is 5. The van der Waals surface area contributed by atoms with E-state index in [-0.39, 0.29) is 30.8 Å². The number of rotatable bonds is 6. The van der Waals surface area contributed by atoms with Crippen LogP contribution in [0.3, 0.4) is 0 Å². The maximum atomic E-state index is 12.0. The highest BCUT2D eigenvalue weighted by Gasteiger charge is 2.22. The number of aromatic nitrogens is 2. The Kier molecular flexibility index (Phi) is 5.48. The second-order valence-corrected chi connectivity index (χ2v) is 5.81. The molecular formula is C14H22N4O4. The Bertz CT molecular complexity index is 535. The van der Waals surface area contributed by atoms with Crippen LogP contribution in [0, 0.1) is 23.0 Å². The molecule has 1 aromatic heterocycles. The van der Waals surface area contributed by atoms with Crippen LogP contribution in [-0.4, -0.2) is 38.1 Å². The van der Waals surface area contributed by atoms with Gasteiger partial charge in [0.2, 0.25) is 11.7 Å². The normalized spacial score (nSPS) is 21.5. The lowest BCUT2D eigenvalue weighted by Gasteiger charge is -2.27. The molecule has 2 rings (SSSR count). The maximum Gasteiger partial charge on any atom is 0.381 e. The molecule has 8 nitrogen and oxygen atoms in total. The molecule has 0 bridgehead atoms. The van der Waals surface area contributed by atoms with Gasteiger partial charge in [-0.25, -0.2) is 0 Å². The molecule has 1 aromatic rings. The Balaban J connectivity index is 1.77. The zero-order valence-electron chi connectivity index (χ0n) is 12.7. The van der Waals surface area contributed by atoms with Crippen molar-refractivity contribution < 1.29 is 14.8 Å². The average molecular weight is 310 g/mol.